The van der Waals surface area contributed by atoms with Crippen LogP contribution in [0.2, 0.25) is 0 Å². The van der Waals surface area contributed by atoms with Crippen molar-refractivity contribution >= 4 is 11.8 Å². The van der Waals surface area contributed by atoms with E-state index in [1.807, 2.05) is 13.0 Å². The van der Waals surface area contributed by atoms with Crippen molar-refractivity contribution in [2.24, 2.45) is 5.92 Å². The van der Waals surface area contributed by atoms with Crippen molar-refractivity contribution in [3.63, 3.8) is 0 Å². The fourth-order valence-electron chi connectivity index (χ4n) is 2.68. The van der Waals surface area contributed by atoms with Crippen LogP contribution in [0.1, 0.15) is 51.1 Å². The SMILES string of the molecule is CCCNc1nc(C)cc(NCCC2CCCC2)n1. The van der Waals surface area contributed by atoms with Crippen LogP contribution in [0.3, 0.4) is 0 Å². The molecular weight excluding hydrogens is 236 g/mol. The Hall–Kier alpha value is -1.32. The topological polar surface area (TPSA) is 49.8 Å². The highest BCUT2D eigenvalue weighted by molar-refractivity contribution is 5.42. The second kappa shape index (κ2) is 7.31. The van der Waals surface area contributed by atoms with Crippen LogP contribution in [0.25, 0.3) is 0 Å². The summed E-state index contributed by atoms with van der Waals surface area (Å²) in [5.74, 6) is 2.61. The lowest BCUT2D eigenvalue weighted by Gasteiger charge is -2.12. The predicted molar refractivity (Wildman–Crippen MR) is 80.6 cm³/mol. The highest BCUT2D eigenvalue weighted by Gasteiger charge is 2.14. The quantitative estimate of drug-likeness (QED) is 0.788. The summed E-state index contributed by atoms with van der Waals surface area (Å²) in [5.41, 5.74) is 1.01. The maximum absolute atomic E-state index is 4.50. The van der Waals surface area contributed by atoms with Gasteiger partial charge in [-0.3, -0.25) is 0 Å². The maximum atomic E-state index is 4.50. The van der Waals surface area contributed by atoms with Gasteiger partial charge in [0.2, 0.25) is 5.95 Å². The second-order valence-corrected chi connectivity index (χ2v) is 5.51. The molecule has 4 heteroatoms. The van der Waals surface area contributed by atoms with Crippen LogP contribution in [-0.4, -0.2) is 23.1 Å². The van der Waals surface area contributed by atoms with Crippen LogP contribution in [0.5, 0.6) is 0 Å². The minimum absolute atomic E-state index is 0.741. The van der Waals surface area contributed by atoms with Crippen LogP contribution >= 0.6 is 0 Å². The Bertz CT molecular complexity index is 386. The van der Waals surface area contributed by atoms with E-state index in [-0.39, 0.29) is 0 Å². The van der Waals surface area contributed by atoms with E-state index in [9.17, 15) is 0 Å². The number of anilines is 2. The molecule has 0 bridgehead atoms. The molecule has 1 fully saturated rings. The van der Waals surface area contributed by atoms with E-state index in [4.69, 9.17) is 0 Å². The van der Waals surface area contributed by atoms with Crippen molar-refractivity contribution in [2.45, 2.75) is 52.4 Å². The number of rotatable bonds is 7. The second-order valence-electron chi connectivity index (χ2n) is 5.51. The zero-order chi connectivity index (χ0) is 13.5. The average Bonchev–Trinajstić information content (AvgIpc) is 2.89. The van der Waals surface area contributed by atoms with E-state index in [0.717, 1.165) is 42.9 Å². The molecular formula is C15H26N4. The lowest BCUT2D eigenvalue weighted by molar-refractivity contribution is 0.518. The predicted octanol–water partition coefficient (Wildman–Crippen LogP) is 3.60. The van der Waals surface area contributed by atoms with Gasteiger partial charge in [0, 0.05) is 24.8 Å². The summed E-state index contributed by atoms with van der Waals surface area (Å²) in [4.78, 5) is 8.90. The smallest absolute Gasteiger partial charge is 0.224 e. The fourth-order valence-corrected chi connectivity index (χ4v) is 2.68. The number of nitrogens with zero attached hydrogens (tertiary/aromatic N) is 2. The van der Waals surface area contributed by atoms with Crippen LogP contribution in [-0.2, 0) is 0 Å². The molecule has 0 unspecified atom stereocenters. The number of aromatic nitrogens is 2. The van der Waals surface area contributed by atoms with Crippen molar-refractivity contribution in [2.75, 3.05) is 23.7 Å². The molecule has 2 rings (SSSR count). The van der Waals surface area contributed by atoms with E-state index >= 15 is 0 Å². The van der Waals surface area contributed by atoms with Gasteiger partial charge in [0.25, 0.3) is 0 Å². The Labute approximate surface area is 116 Å². The lowest BCUT2D eigenvalue weighted by Crippen LogP contribution is -2.11. The molecule has 0 saturated heterocycles. The third kappa shape index (κ3) is 4.69. The first-order valence-electron chi connectivity index (χ1n) is 7.61. The van der Waals surface area contributed by atoms with Gasteiger partial charge in [0.1, 0.15) is 5.82 Å². The minimum atomic E-state index is 0.741. The first kappa shape index (κ1) is 14.1. The molecule has 1 aliphatic rings. The molecule has 2 N–H and O–H groups in total. The fraction of sp³-hybridized carbons (Fsp3) is 0.733. The first-order valence-corrected chi connectivity index (χ1v) is 7.61. The molecule has 0 atom stereocenters. The Morgan fingerprint density at radius 1 is 1.16 bits per heavy atom. The molecule has 0 aromatic carbocycles. The van der Waals surface area contributed by atoms with Crippen molar-refractivity contribution in [3.05, 3.63) is 11.8 Å². The summed E-state index contributed by atoms with van der Waals surface area (Å²) in [6.07, 6.45) is 8.01. The lowest BCUT2D eigenvalue weighted by atomic mass is 10.0. The maximum Gasteiger partial charge on any atom is 0.224 e. The standard InChI is InChI=1S/C15H26N4/c1-3-9-17-15-18-12(2)11-14(19-15)16-10-8-13-6-4-5-7-13/h11,13H,3-10H2,1-2H3,(H2,16,17,18,19). The molecule has 1 aromatic heterocycles. The third-order valence-corrected chi connectivity index (χ3v) is 3.72. The molecule has 4 nitrogen and oxygen atoms in total. The number of hydrogen-bond acceptors (Lipinski definition) is 4. The van der Waals surface area contributed by atoms with Gasteiger partial charge < -0.3 is 10.6 Å². The van der Waals surface area contributed by atoms with E-state index < -0.39 is 0 Å². The molecule has 19 heavy (non-hydrogen) atoms. The van der Waals surface area contributed by atoms with Crippen molar-refractivity contribution in [3.8, 4) is 0 Å². The molecule has 0 aliphatic heterocycles. The highest BCUT2D eigenvalue weighted by Crippen LogP contribution is 2.27. The Kier molecular flexibility index (Phi) is 5.43. The van der Waals surface area contributed by atoms with Crippen LogP contribution in [0, 0.1) is 12.8 Å². The van der Waals surface area contributed by atoms with Gasteiger partial charge in [0.05, 0.1) is 0 Å². The van der Waals surface area contributed by atoms with Crippen LogP contribution < -0.4 is 10.6 Å². The summed E-state index contributed by atoms with van der Waals surface area (Å²) < 4.78 is 0. The number of nitrogens with one attached hydrogen (secondary N) is 2. The highest BCUT2D eigenvalue weighted by atomic mass is 15.1. The summed E-state index contributed by atoms with van der Waals surface area (Å²) in [6, 6.07) is 2.02. The van der Waals surface area contributed by atoms with E-state index in [1.165, 1.54) is 32.1 Å². The minimum Gasteiger partial charge on any atom is -0.370 e. The van der Waals surface area contributed by atoms with Gasteiger partial charge in [-0.25, -0.2) is 4.98 Å². The molecule has 1 aromatic rings. The largest absolute Gasteiger partial charge is 0.370 e. The summed E-state index contributed by atoms with van der Waals surface area (Å²) in [7, 11) is 0. The van der Waals surface area contributed by atoms with Crippen molar-refractivity contribution in [1.29, 1.82) is 0 Å². The van der Waals surface area contributed by atoms with E-state index in [0.29, 0.717) is 0 Å². The normalized spacial score (nSPS) is 15.7. The monoisotopic (exact) mass is 262 g/mol. The van der Waals surface area contributed by atoms with Gasteiger partial charge >= 0.3 is 0 Å². The van der Waals surface area contributed by atoms with Crippen LogP contribution in [0.4, 0.5) is 11.8 Å². The van der Waals surface area contributed by atoms with Gasteiger partial charge in [-0.2, -0.15) is 4.98 Å². The molecule has 0 spiro atoms. The van der Waals surface area contributed by atoms with Gasteiger partial charge in [-0.1, -0.05) is 32.6 Å². The summed E-state index contributed by atoms with van der Waals surface area (Å²) >= 11 is 0. The third-order valence-electron chi connectivity index (χ3n) is 3.72. The number of aryl methyl sites for hydroxylation is 1. The zero-order valence-corrected chi connectivity index (χ0v) is 12.2. The van der Waals surface area contributed by atoms with Gasteiger partial charge in [-0.05, 0) is 25.7 Å². The van der Waals surface area contributed by atoms with Crippen molar-refractivity contribution < 1.29 is 0 Å². The van der Waals surface area contributed by atoms with Crippen molar-refractivity contribution in [1.82, 2.24) is 9.97 Å². The molecule has 106 valence electrons. The molecule has 0 radical (unpaired) electrons. The Balaban J connectivity index is 1.82. The summed E-state index contributed by atoms with van der Waals surface area (Å²) in [6.45, 7) is 6.10. The Morgan fingerprint density at radius 2 is 1.95 bits per heavy atom. The van der Waals surface area contributed by atoms with E-state index in [2.05, 4.69) is 27.5 Å². The number of hydrogen-bond donors (Lipinski definition) is 2. The van der Waals surface area contributed by atoms with Gasteiger partial charge in [-0.15, -0.1) is 0 Å². The van der Waals surface area contributed by atoms with Crippen LogP contribution in [0.15, 0.2) is 6.07 Å². The molecule has 1 aliphatic carbocycles. The molecule has 1 saturated carbocycles. The van der Waals surface area contributed by atoms with Gasteiger partial charge in [0.15, 0.2) is 0 Å². The molecule has 0 amide bonds. The molecule has 1 heterocycles. The average molecular weight is 262 g/mol. The first-order chi connectivity index (χ1) is 9.28. The zero-order valence-electron chi connectivity index (χ0n) is 12.2. The Morgan fingerprint density at radius 3 is 2.68 bits per heavy atom. The summed E-state index contributed by atoms with van der Waals surface area (Å²) in [5, 5.41) is 6.68. The van der Waals surface area contributed by atoms with E-state index in [1.54, 1.807) is 0 Å².